The van der Waals surface area contributed by atoms with Gasteiger partial charge < -0.3 is 4.74 Å². The van der Waals surface area contributed by atoms with E-state index < -0.39 is 20.0 Å². The third kappa shape index (κ3) is 4.54. The standard InChI is InChI=1S/C22H24N2O5S3/c1-29-19-8-6-18(7-9-19)24(17-20-5-4-16-30-20)32(27,28)22-12-10-21(11-13-22)31(25,26)23-14-2-3-15-23/h4-13,16H,2-3,14-15,17H2,1H3. The van der Waals surface area contributed by atoms with Crippen molar-refractivity contribution in [3.63, 3.8) is 0 Å². The number of thiophene rings is 1. The molecule has 0 radical (unpaired) electrons. The van der Waals surface area contributed by atoms with Crippen molar-refractivity contribution in [2.75, 3.05) is 24.5 Å². The fraction of sp³-hybridized carbons (Fsp3) is 0.273. The van der Waals surface area contributed by atoms with Crippen molar-refractivity contribution in [3.8, 4) is 5.75 Å². The Balaban J connectivity index is 1.68. The molecule has 1 aliphatic heterocycles. The van der Waals surface area contributed by atoms with Crippen LogP contribution < -0.4 is 9.04 Å². The third-order valence-corrected chi connectivity index (χ3v) is 9.92. The van der Waals surface area contributed by atoms with E-state index >= 15 is 0 Å². The summed E-state index contributed by atoms with van der Waals surface area (Å²) in [6, 6.07) is 16.0. The normalized spacial score (nSPS) is 15.0. The number of sulfonamides is 2. The van der Waals surface area contributed by atoms with Gasteiger partial charge in [-0.2, -0.15) is 4.31 Å². The third-order valence-electron chi connectivity index (χ3n) is 5.35. The quantitative estimate of drug-likeness (QED) is 0.476. The van der Waals surface area contributed by atoms with Crippen molar-refractivity contribution in [1.29, 1.82) is 0 Å². The summed E-state index contributed by atoms with van der Waals surface area (Å²) in [7, 11) is -6.00. The summed E-state index contributed by atoms with van der Waals surface area (Å²) < 4.78 is 60.6. The van der Waals surface area contributed by atoms with Gasteiger partial charge in [-0.25, -0.2) is 16.8 Å². The van der Waals surface area contributed by atoms with Gasteiger partial charge in [-0.3, -0.25) is 4.31 Å². The second-order valence-corrected chi connectivity index (χ2v) is 12.2. The molecule has 1 aliphatic rings. The molecule has 32 heavy (non-hydrogen) atoms. The van der Waals surface area contributed by atoms with E-state index in [-0.39, 0.29) is 16.3 Å². The van der Waals surface area contributed by atoms with Gasteiger partial charge in [0.1, 0.15) is 5.75 Å². The van der Waals surface area contributed by atoms with Gasteiger partial charge in [0.15, 0.2) is 0 Å². The summed E-state index contributed by atoms with van der Waals surface area (Å²) in [5.41, 5.74) is 0.493. The second-order valence-electron chi connectivity index (χ2n) is 7.37. The molecule has 0 N–H and O–H groups in total. The largest absolute Gasteiger partial charge is 0.497 e. The molecule has 0 saturated carbocycles. The molecule has 0 bridgehead atoms. The topological polar surface area (TPSA) is 84.0 Å². The molecule has 0 spiro atoms. The lowest BCUT2D eigenvalue weighted by molar-refractivity contribution is 0.415. The average Bonchev–Trinajstić information content (AvgIpc) is 3.52. The van der Waals surface area contributed by atoms with Crippen LogP contribution in [0.15, 0.2) is 75.8 Å². The van der Waals surface area contributed by atoms with E-state index in [0.717, 1.165) is 17.7 Å². The summed E-state index contributed by atoms with van der Waals surface area (Å²) >= 11 is 1.47. The van der Waals surface area contributed by atoms with Crippen molar-refractivity contribution in [2.45, 2.75) is 29.2 Å². The molecule has 0 unspecified atom stereocenters. The SMILES string of the molecule is COc1ccc(N(Cc2cccs2)S(=O)(=O)c2ccc(S(=O)(=O)N3CCCC3)cc2)cc1. The monoisotopic (exact) mass is 492 g/mol. The van der Waals surface area contributed by atoms with Crippen LogP contribution in [0.2, 0.25) is 0 Å². The number of nitrogens with zero attached hydrogens (tertiary/aromatic N) is 2. The van der Waals surface area contributed by atoms with Crippen LogP contribution in [-0.4, -0.2) is 41.3 Å². The van der Waals surface area contributed by atoms with E-state index in [9.17, 15) is 16.8 Å². The summed E-state index contributed by atoms with van der Waals surface area (Å²) in [5.74, 6) is 0.624. The predicted octanol–water partition coefficient (Wildman–Crippen LogP) is 3.94. The minimum absolute atomic E-state index is 0.0326. The molecule has 1 aromatic heterocycles. The fourth-order valence-electron chi connectivity index (χ4n) is 3.60. The van der Waals surface area contributed by atoms with Gasteiger partial charge in [0.05, 0.1) is 29.1 Å². The summed E-state index contributed by atoms with van der Waals surface area (Å²) in [5, 5.41) is 1.90. The van der Waals surface area contributed by atoms with E-state index in [1.165, 1.54) is 44.2 Å². The zero-order valence-corrected chi connectivity index (χ0v) is 20.0. The highest BCUT2D eigenvalue weighted by Gasteiger charge is 2.29. The first-order valence-electron chi connectivity index (χ1n) is 10.1. The molecule has 4 rings (SSSR count). The second kappa shape index (κ2) is 9.22. The molecular weight excluding hydrogens is 468 g/mol. The Morgan fingerprint density at radius 2 is 1.53 bits per heavy atom. The lowest BCUT2D eigenvalue weighted by Gasteiger charge is -2.24. The zero-order chi connectivity index (χ0) is 22.8. The van der Waals surface area contributed by atoms with E-state index in [1.807, 2.05) is 17.5 Å². The number of ether oxygens (including phenoxy) is 1. The first-order valence-corrected chi connectivity index (χ1v) is 13.9. The minimum atomic E-state index is -3.94. The molecule has 1 saturated heterocycles. The van der Waals surface area contributed by atoms with Gasteiger partial charge in [0, 0.05) is 18.0 Å². The van der Waals surface area contributed by atoms with E-state index in [2.05, 4.69) is 0 Å². The van der Waals surface area contributed by atoms with E-state index in [4.69, 9.17) is 4.74 Å². The Bertz CT molecular complexity index is 1250. The predicted molar refractivity (Wildman–Crippen MR) is 125 cm³/mol. The highest BCUT2D eigenvalue weighted by molar-refractivity contribution is 7.92. The number of rotatable bonds is 8. The van der Waals surface area contributed by atoms with E-state index in [1.54, 1.807) is 31.4 Å². The smallest absolute Gasteiger partial charge is 0.264 e. The average molecular weight is 493 g/mol. The molecule has 1 fully saturated rings. The number of benzene rings is 2. The van der Waals surface area contributed by atoms with Crippen LogP contribution >= 0.6 is 11.3 Å². The minimum Gasteiger partial charge on any atom is -0.497 e. The van der Waals surface area contributed by atoms with Crippen LogP contribution in [-0.2, 0) is 26.6 Å². The highest BCUT2D eigenvalue weighted by Crippen LogP contribution is 2.30. The van der Waals surface area contributed by atoms with Gasteiger partial charge in [-0.1, -0.05) is 6.07 Å². The van der Waals surface area contributed by atoms with Crippen LogP contribution in [0.1, 0.15) is 17.7 Å². The Labute approximate surface area is 193 Å². The maximum absolute atomic E-state index is 13.6. The number of anilines is 1. The van der Waals surface area contributed by atoms with Crippen LogP contribution in [0.3, 0.4) is 0 Å². The van der Waals surface area contributed by atoms with Gasteiger partial charge >= 0.3 is 0 Å². The molecular formula is C22H24N2O5S3. The Morgan fingerprint density at radius 3 is 2.09 bits per heavy atom. The first-order chi connectivity index (χ1) is 15.3. The van der Waals surface area contributed by atoms with Crippen molar-refractivity contribution >= 4 is 37.1 Å². The maximum Gasteiger partial charge on any atom is 0.264 e. The summed E-state index contributed by atoms with van der Waals surface area (Å²) in [6.07, 6.45) is 1.68. The molecule has 0 aliphatic carbocycles. The Hall–Kier alpha value is -2.40. The van der Waals surface area contributed by atoms with Gasteiger partial charge in [0.25, 0.3) is 10.0 Å². The summed E-state index contributed by atoms with van der Waals surface area (Å²) in [4.78, 5) is 1.02. The van der Waals surface area contributed by atoms with Crippen molar-refractivity contribution < 1.29 is 21.6 Å². The molecule has 10 heteroatoms. The first kappa shape index (κ1) is 22.8. The number of hydrogen-bond donors (Lipinski definition) is 0. The van der Waals surface area contributed by atoms with Crippen LogP contribution in [0.25, 0.3) is 0 Å². The van der Waals surface area contributed by atoms with Gasteiger partial charge in [-0.15, -0.1) is 11.3 Å². The molecule has 0 atom stereocenters. The molecule has 2 heterocycles. The fourth-order valence-corrected chi connectivity index (χ4v) is 7.33. The van der Waals surface area contributed by atoms with Gasteiger partial charge in [-0.05, 0) is 72.8 Å². The van der Waals surface area contributed by atoms with Gasteiger partial charge in [0.2, 0.25) is 10.0 Å². The lowest BCUT2D eigenvalue weighted by atomic mass is 10.3. The molecule has 7 nitrogen and oxygen atoms in total. The Kier molecular flexibility index (Phi) is 6.57. The number of hydrogen-bond acceptors (Lipinski definition) is 6. The van der Waals surface area contributed by atoms with Crippen molar-refractivity contribution in [3.05, 3.63) is 70.9 Å². The molecule has 0 amide bonds. The van der Waals surface area contributed by atoms with Crippen LogP contribution in [0, 0.1) is 0 Å². The summed E-state index contributed by atoms with van der Waals surface area (Å²) in [6.45, 7) is 1.16. The molecule has 2 aromatic carbocycles. The highest BCUT2D eigenvalue weighted by atomic mass is 32.2. The Morgan fingerprint density at radius 1 is 0.906 bits per heavy atom. The van der Waals surface area contributed by atoms with Crippen molar-refractivity contribution in [1.82, 2.24) is 4.31 Å². The molecule has 170 valence electrons. The number of methoxy groups -OCH3 is 1. The maximum atomic E-state index is 13.6. The zero-order valence-electron chi connectivity index (χ0n) is 17.5. The van der Waals surface area contributed by atoms with Crippen molar-refractivity contribution in [2.24, 2.45) is 0 Å². The van der Waals surface area contributed by atoms with E-state index in [0.29, 0.717) is 24.5 Å². The molecule has 3 aromatic rings. The van der Waals surface area contributed by atoms with Crippen LogP contribution in [0.4, 0.5) is 5.69 Å². The van der Waals surface area contributed by atoms with Crippen LogP contribution in [0.5, 0.6) is 5.75 Å². The lowest BCUT2D eigenvalue weighted by Crippen LogP contribution is -2.30.